The Balaban J connectivity index is 3.57. The van der Waals surface area contributed by atoms with Crippen LogP contribution in [0.1, 0.15) is 20.3 Å². The zero-order valence-electron chi connectivity index (χ0n) is 7.21. The summed E-state index contributed by atoms with van der Waals surface area (Å²) in [6, 6.07) is 0. The van der Waals surface area contributed by atoms with Crippen molar-refractivity contribution in [2.75, 3.05) is 5.75 Å². The monoisotopic (exact) mass is 208 g/mol. The molecule has 4 heteroatoms. The third-order valence-electron chi connectivity index (χ3n) is 1.24. The molecule has 2 nitrogen and oxygen atoms in total. The van der Waals surface area contributed by atoms with Crippen LogP contribution in [0.4, 0.5) is 0 Å². The lowest BCUT2D eigenvalue weighted by molar-refractivity contribution is -0.136. The van der Waals surface area contributed by atoms with Crippen LogP contribution in [0.25, 0.3) is 0 Å². The summed E-state index contributed by atoms with van der Waals surface area (Å²) in [7, 11) is 0. The second-order valence-electron chi connectivity index (χ2n) is 2.67. The van der Waals surface area contributed by atoms with Crippen molar-refractivity contribution in [3.8, 4) is 0 Å². The number of carbonyl (C=O) groups is 1. The molecule has 0 heterocycles. The van der Waals surface area contributed by atoms with Gasteiger partial charge >= 0.3 is 5.97 Å². The normalized spacial score (nSPS) is 14.4. The molecule has 1 N–H and O–H groups in total. The van der Waals surface area contributed by atoms with E-state index in [9.17, 15) is 4.79 Å². The summed E-state index contributed by atoms with van der Waals surface area (Å²) < 4.78 is 0. The topological polar surface area (TPSA) is 37.3 Å². The Morgan fingerprint density at radius 2 is 2.33 bits per heavy atom. The minimum atomic E-state index is -0.748. The number of halogens is 1. The van der Waals surface area contributed by atoms with Gasteiger partial charge in [0, 0.05) is 16.5 Å². The molecular formula is C8H13ClO2S. The van der Waals surface area contributed by atoms with Gasteiger partial charge in [-0.25, -0.2) is 0 Å². The largest absolute Gasteiger partial charge is 0.481 e. The number of carboxylic acid groups (broad SMARTS) is 1. The van der Waals surface area contributed by atoms with Crippen molar-refractivity contribution in [1.29, 1.82) is 0 Å². The van der Waals surface area contributed by atoms with Gasteiger partial charge in [-0.2, -0.15) is 11.8 Å². The van der Waals surface area contributed by atoms with E-state index in [2.05, 4.69) is 0 Å². The lowest BCUT2D eigenvalue weighted by Gasteiger charge is -2.07. The summed E-state index contributed by atoms with van der Waals surface area (Å²) in [5, 5.41) is 8.60. The third kappa shape index (κ3) is 6.55. The quantitative estimate of drug-likeness (QED) is 0.755. The van der Waals surface area contributed by atoms with E-state index in [1.54, 1.807) is 11.8 Å². The van der Waals surface area contributed by atoms with E-state index >= 15 is 0 Å². The van der Waals surface area contributed by atoms with Crippen LogP contribution in [-0.4, -0.2) is 22.1 Å². The molecule has 1 atom stereocenters. The number of thioether (sulfide) groups is 1. The fraction of sp³-hybridized carbons (Fsp3) is 0.625. The molecule has 0 saturated carbocycles. The van der Waals surface area contributed by atoms with E-state index in [-0.39, 0.29) is 11.7 Å². The van der Waals surface area contributed by atoms with Gasteiger partial charge in [-0.3, -0.25) is 4.79 Å². The standard InChI is InChI=1S/C8H13ClO2S/c1-6(4-9)5-12-7(2)3-8(10)11/h4,7H,3,5H2,1-2H3,(H,10,11). The van der Waals surface area contributed by atoms with E-state index in [0.717, 1.165) is 11.3 Å². The maximum atomic E-state index is 10.3. The molecule has 0 aliphatic heterocycles. The van der Waals surface area contributed by atoms with Crippen molar-refractivity contribution in [1.82, 2.24) is 0 Å². The van der Waals surface area contributed by atoms with E-state index in [0.29, 0.717) is 0 Å². The number of hydrogen-bond acceptors (Lipinski definition) is 2. The minimum Gasteiger partial charge on any atom is -0.481 e. The van der Waals surface area contributed by atoms with Crippen molar-refractivity contribution in [2.45, 2.75) is 25.5 Å². The van der Waals surface area contributed by atoms with Gasteiger partial charge in [-0.05, 0) is 6.92 Å². The average Bonchev–Trinajstić information content (AvgIpc) is 1.99. The number of aliphatic carboxylic acids is 1. The van der Waals surface area contributed by atoms with Gasteiger partial charge in [0.25, 0.3) is 0 Å². The molecule has 0 aromatic rings. The molecule has 12 heavy (non-hydrogen) atoms. The molecule has 0 rings (SSSR count). The van der Waals surface area contributed by atoms with E-state index in [4.69, 9.17) is 16.7 Å². The van der Waals surface area contributed by atoms with Crippen LogP contribution < -0.4 is 0 Å². The Kier molecular flexibility index (Phi) is 6.30. The minimum absolute atomic E-state index is 0.147. The molecule has 0 radical (unpaired) electrons. The second kappa shape index (κ2) is 6.38. The Labute approximate surface area is 82.0 Å². The zero-order chi connectivity index (χ0) is 9.56. The Morgan fingerprint density at radius 1 is 1.75 bits per heavy atom. The van der Waals surface area contributed by atoms with Crippen LogP contribution >= 0.6 is 23.4 Å². The van der Waals surface area contributed by atoms with Gasteiger partial charge in [-0.15, -0.1) is 0 Å². The predicted molar refractivity (Wildman–Crippen MR) is 53.8 cm³/mol. The number of hydrogen-bond donors (Lipinski definition) is 1. The van der Waals surface area contributed by atoms with Crippen LogP contribution in [0, 0.1) is 0 Å². The summed E-state index contributed by atoms with van der Waals surface area (Å²) in [6.07, 6.45) is 0.209. The first-order chi connectivity index (χ1) is 5.56. The summed E-state index contributed by atoms with van der Waals surface area (Å²) in [5.74, 6) is 0.0558. The molecule has 0 aromatic heterocycles. The second-order valence-corrected chi connectivity index (χ2v) is 4.32. The highest BCUT2D eigenvalue weighted by molar-refractivity contribution is 8.00. The van der Waals surface area contributed by atoms with Crippen molar-refractivity contribution in [3.63, 3.8) is 0 Å². The number of carboxylic acids is 1. The van der Waals surface area contributed by atoms with E-state index in [1.807, 2.05) is 13.8 Å². The molecule has 0 aromatic carbocycles. The summed E-state index contributed by atoms with van der Waals surface area (Å²) in [5.41, 5.74) is 2.60. The average molecular weight is 209 g/mol. The molecular weight excluding hydrogens is 196 g/mol. The summed E-state index contributed by atoms with van der Waals surface area (Å²) >= 11 is 7.05. The van der Waals surface area contributed by atoms with Crippen LogP contribution in [0.2, 0.25) is 0 Å². The van der Waals surface area contributed by atoms with Gasteiger partial charge in [0.15, 0.2) is 0 Å². The summed E-state index contributed by atoms with van der Waals surface area (Å²) in [6.45, 7) is 3.83. The summed E-state index contributed by atoms with van der Waals surface area (Å²) in [4.78, 5) is 10.3. The molecule has 0 spiro atoms. The van der Waals surface area contributed by atoms with Gasteiger partial charge in [-0.1, -0.05) is 24.1 Å². The molecule has 0 aliphatic rings. The molecule has 0 amide bonds. The SMILES string of the molecule is CC(=CCl)CSC(C)CC(=O)O. The molecule has 0 aliphatic carbocycles. The van der Waals surface area contributed by atoms with Crippen molar-refractivity contribution >= 4 is 29.3 Å². The Bertz CT molecular complexity index is 180. The molecule has 70 valence electrons. The highest BCUT2D eigenvalue weighted by Crippen LogP contribution is 2.17. The van der Waals surface area contributed by atoms with Crippen molar-refractivity contribution < 1.29 is 9.90 Å². The fourth-order valence-electron chi connectivity index (χ4n) is 0.610. The van der Waals surface area contributed by atoms with Gasteiger partial charge < -0.3 is 5.11 Å². The first-order valence-corrected chi connectivity index (χ1v) is 5.14. The van der Waals surface area contributed by atoms with Crippen LogP contribution in [-0.2, 0) is 4.79 Å². The highest BCUT2D eigenvalue weighted by atomic mass is 35.5. The fourth-order valence-corrected chi connectivity index (χ4v) is 1.67. The maximum absolute atomic E-state index is 10.3. The molecule has 0 bridgehead atoms. The van der Waals surface area contributed by atoms with Gasteiger partial charge in [0.1, 0.15) is 0 Å². The molecule has 0 fully saturated rings. The van der Waals surface area contributed by atoms with E-state index in [1.165, 1.54) is 5.54 Å². The first kappa shape index (κ1) is 11.8. The van der Waals surface area contributed by atoms with Crippen molar-refractivity contribution in [3.05, 3.63) is 11.1 Å². The van der Waals surface area contributed by atoms with E-state index < -0.39 is 5.97 Å². The lowest BCUT2D eigenvalue weighted by Crippen LogP contribution is -2.06. The maximum Gasteiger partial charge on any atom is 0.304 e. The Morgan fingerprint density at radius 3 is 2.75 bits per heavy atom. The van der Waals surface area contributed by atoms with Crippen LogP contribution in [0.5, 0.6) is 0 Å². The number of rotatable bonds is 5. The Hall–Kier alpha value is -0.150. The van der Waals surface area contributed by atoms with Gasteiger partial charge in [0.05, 0.1) is 6.42 Å². The molecule has 1 unspecified atom stereocenters. The smallest absolute Gasteiger partial charge is 0.304 e. The van der Waals surface area contributed by atoms with Crippen LogP contribution in [0.3, 0.4) is 0 Å². The van der Waals surface area contributed by atoms with Crippen molar-refractivity contribution in [2.24, 2.45) is 0 Å². The van der Waals surface area contributed by atoms with Gasteiger partial charge in [0.2, 0.25) is 0 Å². The third-order valence-corrected chi connectivity index (χ3v) is 2.97. The highest BCUT2D eigenvalue weighted by Gasteiger charge is 2.07. The molecule has 0 saturated heterocycles. The zero-order valence-corrected chi connectivity index (χ0v) is 8.78. The van der Waals surface area contributed by atoms with Crippen LogP contribution in [0.15, 0.2) is 11.1 Å². The first-order valence-electron chi connectivity index (χ1n) is 3.65. The predicted octanol–water partition coefficient (Wildman–Crippen LogP) is 2.73. The lowest BCUT2D eigenvalue weighted by atomic mass is 10.3.